The van der Waals surface area contributed by atoms with E-state index in [1.165, 1.54) is 44.9 Å². The van der Waals surface area contributed by atoms with E-state index in [9.17, 15) is 39.6 Å². The van der Waals surface area contributed by atoms with Crippen LogP contribution in [0.15, 0.2) is 36.4 Å². The number of hydrogen-bond donors (Lipinski definition) is 4. The summed E-state index contributed by atoms with van der Waals surface area (Å²) in [6.07, 6.45) is 0. The minimum atomic E-state index is -1.41. The van der Waals surface area contributed by atoms with Crippen LogP contribution in [-0.2, 0) is 0 Å². The van der Waals surface area contributed by atoms with Crippen molar-refractivity contribution >= 4 is 97.0 Å². The standard InChI is InChI=1S/C24H10O8S2/c25-21(26)9-2-1-7-10-5-11(22(27)28)17(24(31)32)8-3-4-13-19(15(8)10)20-14(34-33-13)6-12(23(29)30)16(9)18(7)20/h1-6H,(H,25,26)(H,27,28)(H,29,30)(H,31,32). The van der Waals surface area contributed by atoms with E-state index < -0.39 is 29.4 Å². The van der Waals surface area contributed by atoms with Gasteiger partial charge in [-0.3, -0.25) is 0 Å². The third kappa shape index (κ3) is 2.40. The first-order valence-electron chi connectivity index (χ1n) is 9.76. The van der Waals surface area contributed by atoms with E-state index in [4.69, 9.17) is 0 Å². The average molecular weight is 490 g/mol. The van der Waals surface area contributed by atoms with Gasteiger partial charge in [0.15, 0.2) is 0 Å². The number of rotatable bonds is 4. The van der Waals surface area contributed by atoms with Crippen molar-refractivity contribution in [1.82, 2.24) is 0 Å². The fourth-order valence-electron chi connectivity index (χ4n) is 4.95. The molecule has 1 aromatic heterocycles. The van der Waals surface area contributed by atoms with Crippen molar-refractivity contribution in [1.29, 1.82) is 0 Å². The molecule has 0 saturated heterocycles. The predicted molar refractivity (Wildman–Crippen MR) is 129 cm³/mol. The molecule has 166 valence electrons. The number of carbonyl (C=O) groups is 4. The Morgan fingerprint density at radius 2 is 1.12 bits per heavy atom. The summed E-state index contributed by atoms with van der Waals surface area (Å²) in [4.78, 5) is 48.3. The maximum absolute atomic E-state index is 12.1. The lowest BCUT2D eigenvalue weighted by molar-refractivity contribution is 0.0653. The highest BCUT2D eigenvalue weighted by molar-refractivity contribution is 7.74. The Balaban J connectivity index is 2.06. The van der Waals surface area contributed by atoms with Gasteiger partial charge >= 0.3 is 23.9 Å². The molecule has 0 aliphatic rings. The van der Waals surface area contributed by atoms with Gasteiger partial charge in [0.1, 0.15) is 0 Å². The summed E-state index contributed by atoms with van der Waals surface area (Å²) in [5, 5.41) is 42.8. The van der Waals surface area contributed by atoms with Crippen LogP contribution in [0.1, 0.15) is 41.4 Å². The maximum Gasteiger partial charge on any atom is 0.337 e. The second-order valence-corrected chi connectivity index (χ2v) is 10.0. The number of fused-ring (bicyclic) bond motifs is 1. The minimum Gasteiger partial charge on any atom is -0.478 e. The average Bonchev–Trinajstić information content (AvgIpc) is 2.80. The summed E-state index contributed by atoms with van der Waals surface area (Å²) in [6, 6.07) is 8.86. The molecule has 6 aromatic rings. The number of aromatic carboxylic acids is 4. The van der Waals surface area contributed by atoms with Crippen molar-refractivity contribution in [2.45, 2.75) is 0 Å². The van der Waals surface area contributed by atoms with E-state index in [1.807, 2.05) is 0 Å². The Morgan fingerprint density at radius 3 is 1.76 bits per heavy atom. The van der Waals surface area contributed by atoms with Crippen LogP contribution in [0.5, 0.6) is 0 Å². The topological polar surface area (TPSA) is 149 Å². The van der Waals surface area contributed by atoms with Gasteiger partial charge in [0.2, 0.25) is 0 Å². The molecule has 1 heterocycles. The first kappa shape index (κ1) is 20.3. The van der Waals surface area contributed by atoms with Gasteiger partial charge in [0.25, 0.3) is 0 Å². The summed E-state index contributed by atoms with van der Waals surface area (Å²) < 4.78 is 1.41. The Hall–Kier alpha value is -4.28. The number of carboxylic acids is 4. The van der Waals surface area contributed by atoms with Crippen LogP contribution < -0.4 is 0 Å². The second kappa shape index (κ2) is 6.62. The molecule has 5 aromatic carbocycles. The molecule has 6 rings (SSSR count). The molecule has 0 radical (unpaired) electrons. The van der Waals surface area contributed by atoms with Crippen LogP contribution in [0.2, 0.25) is 0 Å². The smallest absolute Gasteiger partial charge is 0.337 e. The second-order valence-electron chi connectivity index (χ2n) is 7.80. The van der Waals surface area contributed by atoms with Crippen molar-refractivity contribution in [3.8, 4) is 0 Å². The van der Waals surface area contributed by atoms with Crippen molar-refractivity contribution in [3.05, 3.63) is 58.7 Å². The van der Waals surface area contributed by atoms with E-state index in [1.54, 1.807) is 12.1 Å². The van der Waals surface area contributed by atoms with Gasteiger partial charge in [0.05, 0.1) is 22.3 Å². The molecular formula is C24H10O8S2. The zero-order valence-corrected chi connectivity index (χ0v) is 18.3. The first-order valence-corrected chi connectivity index (χ1v) is 11.9. The predicted octanol–water partition coefficient (Wildman–Crippen LogP) is 5.81. The molecule has 0 aliphatic carbocycles. The summed E-state index contributed by atoms with van der Waals surface area (Å²) >= 11 is 0. The molecule has 0 bridgehead atoms. The molecule has 34 heavy (non-hydrogen) atoms. The van der Waals surface area contributed by atoms with E-state index in [2.05, 4.69) is 0 Å². The van der Waals surface area contributed by atoms with Gasteiger partial charge < -0.3 is 20.4 Å². The van der Waals surface area contributed by atoms with Crippen LogP contribution in [0.4, 0.5) is 0 Å². The summed E-state index contributed by atoms with van der Waals surface area (Å²) in [6.45, 7) is 0. The number of carboxylic acid groups (broad SMARTS) is 4. The van der Waals surface area contributed by atoms with Crippen LogP contribution >= 0.6 is 20.7 Å². The van der Waals surface area contributed by atoms with Crippen LogP contribution in [0.3, 0.4) is 0 Å². The van der Waals surface area contributed by atoms with Crippen molar-refractivity contribution in [2.75, 3.05) is 0 Å². The highest BCUT2D eigenvalue weighted by Gasteiger charge is 2.28. The van der Waals surface area contributed by atoms with Gasteiger partial charge in [-0.05, 0) is 45.8 Å². The van der Waals surface area contributed by atoms with Crippen molar-refractivity contribution in [3.63, 3.8) is 0 Å². The summed E-state index contributed by atoms with van der Waals surface area (Å²) in [7, 11) is 2.71. The highest BCUT2D eigenvalue weighted by Crippen LogP contribution is 2.49. The van der Waals surface area contributed by atoms with Gasteiger partial charge in [-0.1, -0.05) is 32.8 Å². The molecule has 10 heteroatoms. The maximum atomic E-state index is 12.1. The lowest BCUT2D eigenvalue weighted by Crippen LogP contribution is -2.10. The van der Waals surface area contributed by atoms with E-state index >= 15 is 0 Å². The third-order valence-corrected chi connectivity index (χ3v) is 8.61. The Morgan fingerprint density at radius 1 is 0.500 bits per heavy atom. The molecular weight excluding hydrogens is 480 g/mol. The molecule has 8 nitrogen and oxygen atoms in total. The lowest BCUT2D eigenvalue weighted by atomic mass is 9.84. The molecule has 0 saturated carbocycles. The first-order chi connectivity index (χ1) is 16.2. The minimum absolute atomic E-state index is 0.0524. The summed E-state index contributed by atoms with van der Waals surface area (Å²) in [5.41, 5.74) is -1.08. The van der Waals surface area contributed by atoms with Crippen molar-refractivity contribution < 1.29 is 39.6 Å². The fourth-order valence-corrected chi connectivity index (χ4v) is 7.34. The fraction of sp³-hybridized carbons (Fsp3) is 0. The van der Waals surface area contributed by atoms with E-state index in [0.29, 0.717) is 37.0 Å². The highest BCUT2D eigenvalue weighted by atomic mass is 32.9. The van der Waals surface area contributed by atoms with Gasteiger partial charge in [-0.2, -0.15) is 0 Å². The van der Waals surface area contributed by atoms with Crippen molar-refractivity contribution in [2.24, 2.45) is 0 Å². The monoisotopic (exact) mass is 490 g/mol. The van der Waals surface area contributed by atoms with Gasteiger partial charge in [0, 0.05) is 30.9 Å². The van der Waals surface area contributed by atoms with Crippen LogP contribution in [0, 0.1) is 0 Å². The van der Waals surface area contributed by atoms with Crippen LogP contribution in [-0.4, -0.2) is 44.3 Å². The van der Waals surface area contributed by atoms with E-state index in [-0.39, 0.29) is 27.5 Å². The zero-order valence-electron chi connectivity index (χ0n) is 16.7. The SMILES string of the molecule is O=C(O)c1cc2c3ccc(C(=O)O)c4c(C(=O)O)cc5ssc6ccc(c1C(=O)O)c2c6c5c43. The quantitative estimate of drug-likeness (QED) is 0.137. The third-order valence-electron chi connectivity index (χ3n) is 6.18. The lowest BCUT2D eigenvalue weighted by Gasteiger charge is -2.20. The molecule has 0 fully saturated rings. The Labute approximate surface area is 195 Å². The Bertz CT molecular complexity index is 1920. The molecule has 0 unspecified atom stereocenters. The van der Waals surface area contributed by atoms with E-state index in [0.717, 1.165) is 4.70 Å². The number of benzene rings is 5. The zero-order chi connectivity index (χ0) is 24.0. The van der Waals surface area contributed by atoms with Crippen LogP contribution in [0.25, 0.3) is 52.5 Å². The summed E-state index contributed by atoms with van der Waals surface area (Å²) in [5.74, 6) is -5.36. The molecule has 4 N–H and O–H groups in total. The van der Waals surface area contributed by atoms with Gasteiger partial charge in [-0.15, -0.1) is 0 Å². The normalized spacial score (nSPS) is 11.9. The molecule has 0 aliphatic heterocycles. The largest absolute Gasteiger partial charge is 0.478 e. The Kier molecular flexibility index (Phi) is 3.96. The molecule has 0 spiro atoms. The number of hydrogen-bond acceptors (Lipinski definition) is 6. The molecule has 0 atom stereocenters. The molecule has 0 amide bonds. The van der Waals surface area contributed by atoms with Gasteiger partial charge in [-0.25, -0.2) is 19.2 Å².